The molecule has 0 spiro atoms. The van der Waals surface area contributed by atoms with Gasteiger partial charge in [-0.15, -0.1) is 5.01 Å². The second-order valence-electron chi connectivity index (χ2n) is 2.66. The van der Waals surface area contributed by atoms with Crippen LogP contribution >= 0.6 is 0 Å². The molecule has 2 rings (SSSR count). The molecule has 0 aliphatic carbocycles. The minimum Gasteiger partial charge on any atom is -0.267 e. The maximum Gasteiger partial charge on any atom is 0.283 e. The molecule has 0 atom stereocenters. The fraction of sp³-hybridized carbons (Fsp3) is 0. The van der Waals surface area contributed by atoms with E-state index < -0.39 is 11.8 Å². The summed E-state index contributed by atoms with van der Waals surface area (Å²) in [5.74, 6) is -1.18. The van der Waals surface area contributed by atoms with Crippen LogP contribution in [0.2, 0.25) is 0 Å². The van der Waals surface area contributed by atoms with E-state index in [9.17, 15) is 14.4 Å². The van der Waals surface area contributed by atoms with Crippen LogP contribution in [0.25, 0.3) is 0 Å². The van der Waals surface area contributed by atoms with Gasteiger partial charge in [-0.3, -0.25) is 9.59 Å². The molecular formula is C9H4N2O3. The number of hydrazone groups is 1. The molecule has 1 aliphatic heterocycles. The summed E-state index contributed by atoms with van der Waals surface area (Å²) in [6.45, 7) is 0. The van der Waals surface area contributed by atoms with Gasteiger partial charge in [0, 0.05) is 0 Å². The number of nitrogens with zero attached hydrogens (tertiary/aromatic N) is 2. The van der Waals surface area contributed by atoms with E-state index in [4.69, 9.17) is 0 Å². The number of hydrogen-bond donors (Lipinski definition) is 0. The van der Waals surface area contributed by atoms with Gasteiger partial charge in [0.2, 0.25) is 0 Å². The predicted octanol–water partition coefficient (Wildman–Crippen LogP) is 0.533. The number of rotatable bonds is 1. The summed E-state index contributed by atoms with van der Waals surface area (Å²) in [6.07, 6.45) is 1.16. The van der Waals surface area contributed by atoms with Crippen molar-refractivity contribution in [3.8, 4) is 0 Å². The van der Waals surface area contributed by atoms with E-state index in [0.717, 1.165) is 6.08 Å². The molecule has 5 nitrogen and oxygen atoms in total. The Morgan fingerprint density at radius 2 is 1.57 bits per heavy atom. The van der Waals surface area contributed by atoms with Gasteiger partial charge in [-0.25, -0.2) is 4.79 Å². The third-order valence-corrected chi connectivity index (χ3v) is 1.91. The Morgan fingerprint density at radius 3 is 2.00 bits per heavy atom. The van der Waals surface area contributed by atoms with Gasteiger partial charge in [-0.05, 0) is 12.1 Å². The van der Waals surface area contributed by atoms with Crippen LogP contribution in [0, 0.1) is 0 Å². The van der Waals surface area contributed by atoms with Gasteiger partial charge in [0.1, 0.15) is 0 Å². The summed E-state index contributed by atoms with van der Waals surface area (Å²) in [5, 5.41) is 3.54. The summed E-state index contributed by atoms with van der Waals surface area (Å²) in [7, 11) is 0. The second-order valence-corrected chi connectivity index (χ2v) is 2.66. The highest BCUT2D eigenvalue weighted by Gasteiger charge is 2.35. The van der Waals surface area contributed by atoms with Crippen molar-refractivity contribution >= 4 is 17.9 Å². The standard InChI is InChI=1S/C9H4N2O3/c12-5-10-11-8(13)6-3-1-2-4-7(6)9(11)14/h1-4H. The van der Waals surface area contributed by atoms with Crippen molar-refractivity contribution in [3.05, 3.63) is 35.4 Å². The van der Waals surface area contributed by atoms with E-state index in [1.807, 2.05) is 0 Å². The molecule has 0 saturated carbocycles. The number of amides is 2. The Bertz CT molecular complexity index is 440. The third-order valence-electron chi connectivity index (χ3n) is 1.91. The van der Waals surface area contributed by atoms with Gasteiger partial charge >= 0.3 is 0 Å². The van der Waals surface area contributed by atoms with Crippen LogP contribution in [0.15, 0.2) is 29.4 Å². The predicted molar refractivity (Wildman–Crippen MR) is 45.1 cm³/mol. The fourth-order valence-corrected chi connectivity index (χ4v) is 1.31. The molecule has 0 fully saturated rings. The Balaban J connectivity index is 2.59. The first kappa shape index (κ1) is 8.34. The normalized spacial score (nSPS) is 13.9. The number of carbonyl (C=O) groups is 2. The van der Waals surface area contributed by atoms with Crippen molar-refractivity contribution in [3.63, 3.8) is 0 Å². The van der Waals surface area contributed by atoms with Gasteiger partial charge in [0.15, 0.2) is 0 Å². The first-order valence-corrected chi connectivity index (χ1v) is 3.81. The Morgan fingerprint density at radius 1 is 1.07 bits per heavy atom. The highest BCUT2D eigenvalue weighted by molar-refractivity contribution is 6.21. The van der Waals surface area contributed by atoms with Gasteiger partial charge in [-0.2, -0.15) is 0 Å². The average molecular weight is 188 g/mol. The van der Waals surface area contributed by atoms with Crippen molar-refractivity contribution in [1.29, 1.82) is 0 Å². The SMILES string of the molecule is O=C=NN1C(=O)c2ccccc2C1=O. The summed E-state index contributed by atoms with van der Waals surface area (Å²) in [6, 6.07) is 6.29. The Hall–Kier alpha value is -2.26. The van der Waals surface area contributed by atoms with E-state index in [2.05, 4.69) is 5.10 Å². The lowest BCUT2D eigenvalue weighted by Crippen LogP contribution is -2.23. The van der Waals surface area contributed by atoms with Crippen molar-refractivity contribution in [2.45, 2.75) is 0 Å². The van der Waals surface area contributed by atoms with Crippen LogP contribution in [-0.2, 0) is 4.79 Å². The van der Waals surface area contributed by atoms with Gasteiger partial charge in [-0.1, -0.05) is 17.2 Å². The number of fused-ring (bicyclic) bond motifs is 1. The van der Waals surface area contributed by atoms with Crippen LogP contribution in [0.4, 0.5) is 0 Å². The van der Waals surface area contributed by atoms with Crippen LogP contribution in [0.5, 0.6) is 0 Å². The quantitative estimate of drug-likeness (QED) is 0.367. The van der Waals surface area contributed by atoms with E-state index in [-0.39, 0.29) is 11.1 Å². The van der Waals surface area contributed by atoms with Gasteiger partial charge < -0.3 is 0 Å². The molecule has 0 N–H and O–H groups in total. The molecule has 1 heterocycles. The monoisotopic (exact) mass is 188 g/mol. The largest absolute Gasteiger partial charge is 0.283 e. The second kappa shape index (κ2) is 2.90. The van der Waals surface area contributed by atoms with E-state index in [1.54, 1.807) is 12.1 Å². The number of isocyanates is 1. The summed E-state index contributed by atoms with van der Waals surface area (Å²) < 4.78 is 0. The zero-order valence-electron chi connectivity index (χ0n) is 6.93. The Kier molecular flexibility index (Phi) is 1.73. The summed E-state index contributed by atoms with van der Waals surface area (Å²) >= 11 is 0. The first-order chi connectivity index (χ1) is 6.75. The van der Waals surface area contributed by atoms with E-state index >= 15 is 0 Å². The first-order valence-electron chi connectivity index (χ1n) is 3.81. The lowest BCUT2D eigenvalue weighted by Gasteiger charge is -2.00. The third kappa shape index (κ3) is 0.967. The summed E-state index contributed by atoms with van der Waals surface area (Å²) in [4.78, 5) is 32.8. The van der Waals surface area contributed by atoms with Crippen molar-refractivity contribution in [2.75, 3.05) is 0 Å². The van der Waals surface area contributed by atoms with Crippen LogP contribution in [0.3, 0.4) is 0 Å². The maximum absolute atomic E-state index is 11.4. The molecule has 0 unspecified atom stereocenters. The molecule has 0 saturated heterocycles. The molecular weight excluding hydrogens is 184 g/mol. The molecule has 14 heavy (non-hydrogen) atoms. The maximum atomic E-state index is 11.4. The van der Waals surface area contributed by atoms with Crippen molar-refractivity contribution in [2.24, 2.45) is 5.10 Å². The zero-order chi connectivity index (χ0) is 10.1. The molecule has 0 radical (unpaired) electrons. The minimum absolute atomic E-state index is 0.261. The molecule has 0 bridgehead atoms. The van der Waals surface area contributed by atoms with Gasteiger partial charge in [0.05, 0.1) is 11.1 Å². The highest BCUT2D eigenvalue weighted by atomic mass is 16.2. The fourth-order valence-electron chi connectivity index (χ4n) is 1.31. The molecule has 1 aromatic carbocycles. The van der Waals surface area contributed by atoms with E-state index in [1.165, 1.54) is 12.1 Å². The molecule has 2 amide bonds. The zero-order valence-corrected chi connectivity index (χ0v) is 6.93. The molecule has 68 valence electrons. The van der Waals surface area contributed by atoms with Crippen LogP contribution in [-0.4, -0.2) is 22.9 Å². The minimum atomic E-state index is -0.589. The Labute approximate surface area is 78.6 Å². The molecule has 0 aromatic heterocycles. The lowest BCUT2D eigenvalue weighted by molar-refractivity contribution is 0.0658. The highest BCUT2D eigenvalue weighted by Crippen LogP contribution is 2.21. The number of benzene rings is 1. The molecule has 5 heteroatoms. The molecule has 1 aliphatic rings. The summed E-state index contributed by atoms with van der Waals surface area (Å²) in [5.41, 5.74) is 0.521. The average Bonchev–Trinajstić information content (AvgIpc) is 2.45. The van der Waals surface area contributed by atoms with Gasteiger partial charge in [0.25, 0.3) is 17.9 Å². The number of carbonyl (C=O) groups excluding carboxylic acids is 3. The number of hydrogen-bond acceptors (Lipinski definition) is 4. The van der Waals surface area contributed by atoms with Crippen LogP contribution in [0.1, 0.15) is 20.7 Å². The van der Waals surface area contributed by atoms with Crippen LogP contribution < -0.4 is 0 Å². The van der Waals surface area contributed by atoms with Crippen molar-refractivity contribution < 1.29 is 14.4 Å². The van der Waals surface area contributed by atoms with Crippen molar-refractivity contribution in [1.82, 2.24) is 5.01 Å². The smallest absolute Gasteiger partial charge is 0.267 e. The van der Waals surface area contributed by atoms with E-state index in [0.29, 0.717) is 5.01 Å². The topological polar surface area (TPSA) is 66.8 Å². The molecule has 1 aromatic rings. The lowest BCUT2D eigenvalue weighted by atomic mass is 10.1. The number of imide groups is 1.